The fourth-order valence-corrected chi connectivity index (χ4v) is 3.88. The highest BCUT2D eigenvalue weighted by molar-refractivity contribution is 7.11. The predicted octanol–water partition coefficient (Wildman–Crippen LogP) is 2.38. The maximum atomic E-state index is 3.74. The molecule has 2 nitrogen and oxygen atoms in total. The van der Waals surface area contributed by atoms with Crippen molar-refractivity contribution in [3.63, 3.8) is 0 Å². The van der Waals surface area contributed by atoms with Crippen LogP contribution in [0.1, 0.15) is 29.0 Å². The first-order chi connectivity index (χ1) is 7.79. The van der Waals surface area contributed by atoms with Crippen molar-refractivity contribution in [3.8, 4) is 0 Å². The highest BCUT2D eigenvalue weighted by Gasteiger charge is 2.29. The van der Waals surface area contributed by atoms with Gasteiger partial charge in [-0.25, -0.2) is 0 Å². The number of hydrogen-bond donors (Lipinski definition) is 1. The largest absolute Gasteiger partial charge is 0.310 e. The summed E-state index contributed by atoms with van der Waals surface area (Å²) in [5, 5.41) is 3.74. The Hall–Kier alpha value is -0.380. The first kappa shape index (κ1) is 10.8. The van der Waals surface area contributed by atoms with Crippen LogP contribution in [0.25, 0.3) is 0 Å². The van der Waals surface area contributed by atoms with E-state index in [1.54, 1.807) is 0 Å². The maximum absolute atomic E-state index is 3.74. The van der Waals surface area contributed by atoms with E-state index in [2.05, 4.69) is 29.3 Å². The summed E-state index contributed by atoms with van der Waals surface area (Å²) in [6.45, 7) is 5.86. The maximum Gasteiger partial charge on any atom is 0.0328 e. The number of thiophene rings is 1. The normalized spacial score (nSPS) is 30.6. The average molecular weight is 236 g/mol. The Morgan fingerprint density at radius 2 is 2.19 bits per heavy atom. The lowest BCUT2D eigenvalue weighted by Gasteiger charge is -2.23. The van der Waals surface area contributed by atoms with Gasteiger partial charge in [0.05, 0.1) is 0 Å². The van der Waals surface area contributed by atoms with E-state index < -0.39 is 0 Å². The van der Waals surface area contributed by atoms with Crippen LogP contribution < -0.4 is 5.32 Å². The van der Waals surface area contributed by atoms with Gasteiger partial charge in [-0.05, 0) is 38.3 Å². The Morgan fingerprint density at radius 3 is 3.00 bits per heavy atom. The number of nitrogens with one attached hydrogen (secondary N) is 1. The Labute approximate surface area is 102 Å². The van der Waals surface area contributed by atoms with Crippen LogP contribution in [0.5, 0.6) is 0 Å². The zero-order valence-corrected chi connectivity index (χ0v) is 10.7. The summed E-state index contributed by atoms with van der Waals surface area (Å²) in [5.74, 6) is 0. The summed E-state index contributed by atoms with van der Waals surface area (Å²) in [7, 11) is 0. The summed E-state index contributed by atoms with van der Waals surface area (Å²) < 4.78 is 0. The molecule has 88 valence electrons. The molecule has 0 saturated carbocycles. The van der Waals surface area contributed by atoms with Gasteiger partial charge in [-0.15, -0.1) is 11.3 Å². The molecule has 2 atom stereocenters. The van der Waals surface area contributed by atoms with Gasteiger partial charge in [0.2, 0.25) is 0 Å². The Balaban J connectivity index is 1.63. The first-order valence-electron chi connectivity index (χ1n) is 6.33. The van der Waals surface area contributed by atoms with Crippen molar-refractivity contribution in [2.45, 2.75) is 44.8 Å². The molecule has 0 unspecified atom stereocenters. The summed E-state index contributed by atoms with van der Waals surface area (Å²) in [6.07, 6.45) is 4.11. The summed E-state index contributed by atoms with van der Waals surface area (Å²) in [4.78, 5) is 5.59. The van der Waals surface area contributed by atoms with Crippen LogP contribution >= 0.6 is 11.3 Å². The number of hydrogen-bond acceptors (Lipinski definition) is 3. The SMILES string of the molecule is Cc1ccc(CN2CC[C@@H]3CC[C@H](C2)N3)s1. The van der Waals surface area contributed by atoms with Gasteiger partial charge in [-0.3, -0.25) is 4.90 Å². The molecule has 0 spiro atoms. The third-order valence-corrected chi connectivity index (χ3v) is 4.77. The van der Waals surface area contributed by atoms with E-state index in [1.807, 2.05) is 11.3 Å². The van der Waals surface area contributed by atoms with Crippen LogP contribution in [0.3, 0.4) is 0 Å². The molecule has 3 rings (SSSR count). The highest BCUT2D eigenvalue weighted by atomic mass is 32.1. The standard InChI is InChI=1S/C13H20N2S/c1-10-2-5-13(16-10)9-15-7-6-11-3-4-12(8-15)14-11/h2,5,11-12,14H,3-4,6-9H2,1H3/t11-,12+/m0/s1. The monoisotopic (exact) mass is 236 g/mol. The van der Waals surface area contributed by atoms with Gasteiger partial charge in [0.15, 0.2) is 0 Å². The Kier molecular flexibility index (Phi) is 3.01. The van der Waals surface area contributed by atoms with Crippen molar-refractivity contribution in [2.24, 2.45) is 0 Å². The van der Waals surface area contributed by atoms with E-state index in [1.165, 1.54) is 42.1 Å². The first-order valence-corrected chi connectivity index (χ1v) is 7.15. The Bertz CT molecular complexity index is 361. The molecule has 2 aliphatic heterocycles. The van der Waals surface area contributed by atoms with Crippen LogP contribution in [0.4, 0.5) is 0 Å². The summed E-state index contributed by atoms with van der Waals surface area (Å²) in [6, 6.07) is 6.09. The smallest absolute Gasteiger partial charge is 0.0328 e. The molecule has 2 aliphatic rings. The molecular weight excluding hydrogens is 216 g/mol. The summed E-state index contributed by atoms with van der Waals surface area (Å²) >= 11 is 1.95. The zero-order valence-electron chi connectivity index (χ0n) is 9.91. The van der Waals surface area contributed by atoms with Crippen LogP contribution in [0.15, 0.2) is 12.1 Å². The van der Waals surface area contributed by atoms with Crippen molar-refractivity contribution in [1.82, 2.24) is 10.2 Å². The molecule has 1 aromatic heterocycles. The van der Waals surface area contributed by atoms with Gasteiger partial charge < -0.3 is 5.32 Å². The second-order valence-electron chi connectivity index (χ2n) is 5.17. The van der Waals surface area contributed by atoms with E-state index in [9.17, 15) is 0 Å². The molecule has 0 radical (unpaired) electrons. The highest BCUT2D eigenvalue weighted by Crippen LogP contribution is 2.23. The molecule has 3 heterocycles. The number of nitrogens with zero attached hydrogens (tertiary/aromatic N) is 1. The van der Waals surface area contributed by atoms with Gasteiger partial charge in [0.25, 0.3) is 0 Å². The zero-order chi connectivity index (χ0) is 11.0. The number of rotatable bonds is 2. The molecule has 2 fully saturated rings. The van der Waals surface area contributed by atoms with E-state index in [-0.39, 0.29) is 0 Å². The molecule has 2 bridgehead atoms. The molecule has 16 heavy (non-hydrogen) atoms. The number of likely N-dealkylation sites (tertiary alicyclic amines) is 1. The molecule has 0 aromatic carbocycles. The lowest BCUT2D eigenvalue weighted by Crippen LogP contribution is -2.34. The fourth-order valence-electron chi connectivity index (χ4n) is 2.95. The molecule has 0 aliphatic carbocycles. The number of aryl methyl sites for hydroxylation is 1. The fraction of sp³-hybridized carbons (Fsp3) is 0.692. The average Bonchev–Trinajstić information content (AvgIpc) is 2.77. The molecule has 1 N–H and O–H groups in total. The summed E-state index contributed by atoms with van der Waals surface area (Å²) in [5.41, 5.74) is 0. The topological polar surface area (TPSA) is 15.3 Å². The van der Waals surface area contributed by atoms with Gasteiger partial charge in [-0.1, -0.05) is 0 Å². The minimum atomic E-state index is 0.758. The van der Waals surface area contributed by atoms with Crippen LogP contribution in [-0.2, 0) is 6.54 Å². The minimum Gasteiger partial charge on any atom is -0.310 e. The number of fused-ring (bicyclic) bond motifs is 2. The lowest BCUT2D eigenvalue weighted by atomic mass is 10.1. The Morgan fingerprint density at radius 1 is 1.31 bits per heavy atom. The van der Waals surface area contributed by atoms with Crippen molar-refractivity contribution < 1.29 is 0 Å². The van der Waals surface area contributed by atoms with Gasteiger partial charge in [0, 0.05) is 41.5 Å². The molecule has 2 saturated heterocycles. The van der Waals surface area contributed by atoms with E-state index >= 15 is 0 Å². The van der Waals surface area contributed by atoms with Crippen LogP contribution in [0, 0.1) is 6.92 Å². The van der Waals surface area contributed by atoms with E-state index in [0.717, 1.165) is 18.6 Å². The molecule has 0 amide bonds. The molecular formula is C13H20N2S. The molecule has 1 aromatic rings. The van der Waals surface area contributed by atoms with Crippen molar-refractivity contribution in [2.75, 3.05) is 13.1 Å². The molecule has 3 heteroatoms. The van der Waals surface area contributed by atoms with Crippen molar-refractivity contribution >= 4 is 11.3 Å². The second kappa shape index (κ2) is 4.47. The third kappa shape index (κ3) is 2.31. The van der Waals surface area contributed by atoms with Gasteiger partial charge in [0.1, 0.15) is 0 Å². The van der Waals surface area contributed by atoms with Crippen molar-refractivity contribution in [3.05, 3.63) is 21.9 Å². The van der Waals surface area contributed by atoms with Gasteiger partial charge in [-0.2, -0.15) is 0 Å². The van der Waals surface area contributed by atoms with Crippen LogP contribution in [-0.4, -0.2) is 30.1 Å². The van der Waals surface area contributed by atoms with Crippen molar-refractivity contribution in [1.29, 1.82) is 0 Å². The minimum absolute atomic E-state index is 0.758. The predicted molar refractivity (Wildman–Crippen MR) is 68.9 cm³/mol. The second-order valence-corrected chi connectivity index (χ2v) is 6.55. The lowest BCUT2D eigenvalue weighted by molar-refractivity contribution is 0.253. The van der Waals surface area contributed by atoms with E-state index in [4.69, 9.17) is 0 Å². The van der Waals surface area contributed by atoms with Gasteiger partial charge >= 0.3 is 0 Å². The third-order valence-electron chi connectivity index (χ3n) is 3.78. The van der Waals surface area contributed by atoms with Crippen LogP contribution in [0.2, 0.25) is 0 Å². The quantitative estimate of drug-likeness (QED) is 0.848. The van der Waals surface area contributed by atoms with E-state index in [0.29, 0.717) is 0 Å².